The van der Waals surface area contributed by atoms with Crippen molar-refractivity contribution in [1.82, 2.24) is 9.97 Å². The van der Waals surface area contributed by atoms with Crippen molar-refractivity contribution in [3.63, 3.8) is 0 Å². The third kappa shape index (κ3) is 3.31. The van der Waals surface area contributed by atoms with Gasteiger partial charge in [0.15, 0.2) is 0 Å². The molecule has 0 fully saturated rings. The number of methoxy groups -OCH3 is 1. The average molecular weight is 311 g/mol. The van der Waals surface area contributed by atoms with Crippen LogP contribution in [0.15, 0.2) is 28.2 Å². The number of aliphatic imine (C=N–C) groups is 2. The van der Waals surface area contributed by atoms with Gasteiger partial charge in [-0.3, -0.25) is 5.32 Å². The first-order chi connectivity index (χ1) is 10.9. The van der Waals surface area contributed by atoms with Crippen LogP contribution in [-0.4, -0.2) is 34.3 Å². The topological polar surface area (TPSA) is 71.8 Å². The predicted molar refractivity (Wildman–Crippen MR) is 93.7 cm³/mol. The number of benzene rings is 1. The summed E-state index contributed by atoms with van der Waals surface area (Å²) in [7, 11) is 1.64. The highest BCUT2D eigenvalue weighted by molar-refractivity contribution is 6.04. The van der Waals surface area contributed by atoms with Crippen molar-refractivity contribution in [3.8, 4) is 5.75 Å². The van der Waals surface area contributed by atoms with Crippen LogP contribution in [0.3, 0.4) is 0 Å². The van der Waals surface area contributed by atoms with Gasteiger partial charge >= 0.3 is 0 Å². The number of anilines is 1. The standard InChI is InChI=1S/C17H21N5O/c1-10-9-17(3,4)22-16(18-10)21-15-19-11(2)13-7-6-12(23-5)8-14(13)20-15/h6-8H,9H2,1-5H3,(H,19,20,21,22). The average Bonchev–Trinajstić information content (AvgIpc) is 2.44. The molecule has 1 aromatic carbocycles. The molecule has 0 saturated heterocycles. The first-order valence-corrected chi connectivity index (χ1v) is 7.60. The van der Waals surface area contributed by atoms with Crippen LogP contribution in [0.1, 0.15) is 32.9 Å². The van der Waals surface area contributed by atoms with E-state index in [0.29, 0.717) is 11.9 Å². The number of aryl methyl sites for hydroxylation is 1. The van der Waals surface area contributed by atoms with Crippen molar-refractivity contribution in [1.29, 1.82) is 0 Å². The summed E-state index contributed by atoms with van der Waals surface area (Å²) in [4.78, 5) is 18.2. The summed E-state index contributed by atoms with van der Waals surface area (Å²) in [5.41, 5.74) is 2.61. The Morgan fingerprint density at radius 2 is 1.96 bits per heavy atom. The number of fused-ring (bicyclic) bond motifs is 1. The number of hydrogen-bond acceptors (Lipinski definition) is 6. The number of aromatic nitrogens is 2. The van der Waals surface area contributed by atoms with Gasteiger partial charge in [0.05, 0.1) is 23.9 Å². The Hall–Kier alpha value is -2.50. The molecule has 120 valence electrons. The fourth-order valence-corrected chi connectivity index (χ4v) is 2.80. The summed E-state index contributed by atoms with van der Waals surface area (Å²) < 4.78 is 5.27. The van der Waals surface area contributed by atoms with E-state index >= 15 is 0 Å². The van der Waals surface area contributed by atoms with Crippen molar-refractivity contribution in [2.45, 2.75) is 39.7 Å². The van der Waals surface area contributed by atoms with Gasteiger partial charge in [-0.25, -0.2) is 20.0 Å². The molecule has 1 aliphatic rings. The van der Waals surface area contributed by atoms with Gasteiger partial charge in [0, 0.05) is 23.6 Å². The lowest BCUT2D eigenvalue weighted by Gasteiger charge is -2.24. The van der Waals surface area contributed by atoms with Crippen LogP contribution in [0.4, 0.5) is 5.95 Å². The highest BCUT2D eigenvalue weighted by Gasteiger charge is 2.23. The number of rotatable bonds is 2. The Kier molecular flexibility index (Phi) is 3.75. The fourth-order valence-electron chi connectivity index (χ4n) is 2.80. The molecule has 0 aliphatic carbocycles. The predicted octanol–water partition coefficient (Wildman–Crippen LogP) is 3.36. The maximum absolute atomic E-state index is 5.27. The minimum atomic E-state index is -0.163. The Bertz CT molecular complexity index is 823. The van der Waals surface area contributed by atoms with Gasteiger partial charge in [-0.2, -0.15) is 0 Å². The van der Waals surface area contributed by atoms with Crippen LogP contribution in [-0.2, 0) is 0 Å². The van der Waals surface area contributed by atoms with Gasteiger partial charge < -0.3 is 4.74 Å². The second-order valence-corrected chi connectivity index (χ2v) is 6.41. The number of nitrogens with one attached hydrogen (secondary N) is 1. The maximum atomic E-state index is 5.27. The van der Waals surface area contributed by atoms with E-state index in [1.54, 1.807) is 7.11 Å². The van der Waals surface area contributed by atoms with Gasteiger partial charge in [0.1, 0.15) is 5.75 Å². The lowest BCUT2D eigenvalue weighted by Crippen LogP contribution is -2.30. The molecular formula is C17H21N5O. The molecule has 2 heterocycles. The highest BCUT2D eigenvalue weighted by Crippen LogP contribution is 2.23. The number of guanidine groups is 1. The molecule has 0 bridgehead atoms. The van der Waals surface area contributed by atoms with Crippen LogP contribution in [0, 0.1) is 6.92 Å². The van der Waals surface area contributed by atoms with Crippen molar-refractivity contribution in [3.05, 3.63) is 23.9 Å². The van der Waals surface area contributed by atoms with Crippen molar-refractivity contribution in [2.24, 2.45) is 9.98 Å². The normalized spacial score (nSPS) is 16.7. The van der Waals surface area contributed by atoms with E-state index in [0.717, 1.165) is 34.5 Å². The summed E-state index contributed by atoms with van der Waals surface area (Å²) in [6.07, 6.45) is 0.854. The molecule has 0 spiro atoms. The molecular weight excluding hydrogens is 290 g/mol. The second kappa shape index (κ2) is 5.61. The summed E-state index contributed by atoms with van der Waals surface area (Å²) in [6, 6.07) is 5.78. The van der Waals surface area contributed by atoms with Crippen LogP contribution >= 0.6 is 0 Å². The van der Waals surface area contributed by atoms with E-state index in [9.17, 15) is 0 Å². The summed E-state index contributed by atoms with van der Waals surface area (Å²) in [6.45, 7) is 8.15. The van der Waals surface area contributed by atoms with E-state index in [1.165, 1.54) is 0 Å². The van der Waals surface area contributed by atoms with Gasteiger partial charge in [-0.05, 0) is 39.8 Å². The van der Waals surface area contributed by atoms with Crippen LogP contribution in [0.2, 0.25) is 0 Å². The molecule has 0 radical (unpaired) electrons. The summed E-state index contributed by atoms with van der Waals surface area (Å²) >= 11 is 0. The van der Waals surface area contributed by atoms with Crippen LogP contribution in [0.25, 0.3) is 10.9 Å². The SMILES string of the molecule is COc1ccc2c(C)nc(NC3=NC(C)(C)CC(C)=N3)nc2c1. The van der Waals surface area contributed by atoms with Crippen LogP contribution in [0.5, 0.6) is 5.75 Å². The minimum Gasteiger partial charge on any atom is -0.497 e. The molecule has 1 aromatic heterocycles. The lowest BCUT2D eigenvalue weighted by atomic mass is 9.98. The molecule has 0 amide bonds. The first-order valence-electron chi connectivity index (χ1n) is 7.60. The minimum absolute atomic E-state index is 0.163. The molecule has 6 heteroatoms. The van der Waals surface area contributed by atoms with E-state index < -0.39 is 0 Å². The van der Waals surface area contributed by atoms with E-state index in [1.807, 2.05) is 32.0 Å². The fraction of sp³-hybridized carbons (Fsp3) is 0.412. The third-order valence-electron chi connectivity index (χ3n) is 3.71. The second-order valence-electron chi connectivity index (χ2n) is 6.41. The number of hydrogen-bond donors (Lipinski definition) is 1. The first kappa shape index (κ1) is 15.4. The zero-order valence-electron chi connectivity index (χ0n) is 14.1. The third-order valence-corrected chi connectivity index (χ3v) is 3.71. The summed E-state index contributed by atoms with van der Waals surface area (Å²) in [5, 5.41) is 4.14. The molecule has 0 atom stereocenters. The van der Waals surface area contributed by atoms with E-state index in [2.05, 4.69) is 39.1 Å². The Labute approximate surface area is 135 Å². The molecule has 1 N–H and O–H groups in total. The summed E-state index contributed by atoms with van der Waals surface area (Å²) in [5.74, 6) is 1.82. The number of nitrogens with zero attached hydrogens (tertiary/aromatic N) is 4. The molecule has 0 saturated carbocycles. The number of ether oxygens (including phenoxy) is 1. The van der Waals surface area contributed by atoms with Gasteiger partial charge in [0.2, 0.25) is 11.9 Å². The smallest absolute Gasteiger partial charge is 0.230 e. The Balaban J connectivity index is 1.99. The molecule has 0 unspecified atom stereocenters. The lowest BCUT2D eigenvalue weighted by molar-refractivity contribution is 0.415. The molecule has 1 aliphatic heterocycles. The van der Waals surface area contributed by atoms with Crippen molar-refractivity contribution >= 4 is 28.5 Å². The van der Waals surface area contributed by atoms with Gasteiger partial charge in [-0.15, -0.1) is 0 Å². The van der Waals surface area contributed by atoms with Crippen molar-refractivity contribution in [2.75, 3.05) is 12.4 Å². The zero-order valence-corrected chi connectivity index (χ0v) is 14.1. The highest BCUT2D eigenvalue weighted by atomic mass is 16.5. The zero-order chi connectivity index (χ0) is 16.6. The quantitative estimate of drug-likeness (QED) is 0.923. The largest absolute Gasteiger partial charge is 0.497 e. The monoisotopic (exact) mass is 311 g/mol. The Morgan fingerprint density at radius 1 is 1.17 bits per heavy atom. The molecule has 23 heavy (non-hydrogen) atoms. The van der Waals surface area contributed by atoms with E-state index in [4.69, 9.17) is 4.74 Å². The van der Waals surface area contributed by atoms with Gasteiger partial charge in [0.25, 0.3) is 0 Å². The van der Waals surface area contributed by atoms with Crippen LogP contribution < -0.4 is 10.1 Å². The Morgan fingerprint density at radius 3 is 2.65 bits per heavy atom. The van der Waals surface area contributed by atoms with Crippen molar-refractivity contribution < 1.29 is 4.74 Å². The van der Waals surface area contributed by atoms with Gasteiger partial charge in [-0.1, -0.05) is 0 Å². The molecule has 6 nitrogen and oxygen atoms in total. The molecule has 3 rings (SSSR count). The molecule has 2 aromatic rings. The van der Waals surface area contributed by atoms with E-state index in [-0.39, 0.29) is 5.54 Å². The maximum Gasteiger partial charge on any atom is 0.230 e.